The molecule has 1 atom stereocenters. The van der Waals surface area contributed by atoms with Gasteiger partial charge in [-0.1, -0.05) is 57.2 Å². The van der Waals surface area contributed by atoms with Gasteiger partial charge in [0.1, 0.15) is 11.3 Å². The summed E-state index contributed by atoms with van der Waals surface area (Å²) in [4.78, 5) is 16.7. The van der Waals surface area contributed by atoms with Crippen molar-refractivity contribution >= 4 is 36.8 Å². The van der Waals surface area contributed by atoms with Crippen LogP contribution in [-0.4, -0.2) is 26.4 Å². The van der Waals surface area contributed by atoms with E-state index in [9.17, 15) is 4.79 Å². The molecule has 0 saturated carbocycles. The highest BCUT2D eigenvalue weighted by atomic mass is 35.5. The summed E-state index contributed by atoms with van der Waals surface area (Å²) in [5.74, 6) is -0.516. The summed E-state index contributed by atoms with van der Waals surface area (Å²) in [6, 6.07) is 9.59. The predicted octanol–water partition coefficient (Wildman–Crippen LogP) is 5.68. The van der Waals surface area contributed by atoms with Gasteiger partial charge in [0.25, 0.3) is 0 Å². The molecule has 0 amide bonds. The number of esters is 1. The van der Waals surface area contributed by atoms with Gasteiger partial charge in [-0.3, -0.25) is 0 Å². The summed E-state index contributed by atoms with van der Waals surface area (Å²) in [5, 5.41) is 1.18. The van der Waals surface area contributed by atoms with Crippen LogP contribution in [0.5, 0.6) is 0 Å². The number of aromatic nitrogens is 1. The van der Waals surface area contributed by atoms with Gasteiger partial charge in [0.15, 0.2) is 8.32 Å². The maximum atomic E-state index is 12.2. The molecular formula is C20H26ClNO3Si. The number of rotatable bonds is 5. The minimum atomic E-state index is -2.22. The lowest BCUT2D eigenvalue weighted by molar-refractivity contribution is -0.137. The highest BCUT2D eigenvalue weighted by Gasteiger charge is 2.41. The zero-order valence-corrected chi connectivity index (χ0v) is 18.0. The zero-order valence-electron chi connectivity index (χ0n) is 16.2. The summed E-state index contributed by atoms with van der Waals surface area (Å²) >= 11 is 6.46. The predicted molar refractivity (Wildman–Crippen MR) is 109 cm³/mol. The van der Waals surface area contributed by atoms with Crippen LogP contribution >= 0.6 is 11.6 Å². The molecule has 1 unspecified atom stereocenters. The Balaban J connectivity index is 2.59. The van der Waals surface area contributed by atoms with Crippen molar-refractivity contribution in [2.75, 3.05) is 7.11 Å². The number of halogens is 1. The standard InChI is InChI=1S/C20H26ClNO3Si/c1-13(19(23)24-5)17(25-26(6,7)20(2,3)4)15-12-14-10-8-9-11-16(14)22-18(15)21/h8-12,17H,1H2,2-7H3. The van der Waals surface area contributed by atoms with Crippen molar-refractivity contribution in [3.8, 4) is 0 Å². The first kappa shape index (κ1) is 20.6. The number of methoxy groups -OCH3 is 1. The number of pyridine rings is 1. The van der Waals surface area contributed by atoms with Crippen molar-refractivity contribution in [2.45, 2.75) is 45.0 Å². The van der Waals surface area contributed by atoms with Crippen LogP contribution < -0.4 is 0 Å². The third-order valence-corrected chi connectivity index (χ3v) is 9.71. The van der Waals surface area contributed by atoms with E-state index in [0.29, 0.717) is 10.7 Å². The van der Waals surface area contributed by atoms with Crippen LogP contribution in [0, 0.1) is 0 Å². The van der Waals surface area contributed by atoms with Crippen molar-refractivity contribution in [3.05, 3.63) is 53.2 Å². The molecule has 0 N–H and O–H groups in total. The molecule has 26 heavy (non-hydrogen) atoms. The van der Waals surface area contributed by atoms with Crippen LogP contribution in [0.25, 0.3) is 10.9 Å². The smallest absolute Gasteiger partial charge is 0.336 e. The fourth-order valence-corrected chi connectivity index (χ4v) is 3.78. The summed E-state index contributed by atoms with van der Waals surface area (Å²) < 4.78 is 11.4. The first-order valence-electron chi connectivity index (χ1n) is 8.48. The summed E-state index contributed by atoms with van der Waals surface area (Å²) in [6.45, 7) is 14.6. The topological polar surface area (TPSA) is 48.4 Å². The number of nitrogens with zero attached hydrogens (tertiary/aromatic N) is 1. The fourth-order valence-electron chi connectivity index (χ4n) is 2.32. The Bertz CT molecular complexity index is 843. The van der Waals surface area contributed by atoms with E-state index in [4.69, 9.17) is 20.8 Å². The minimum absolute atomic E-state index is 0.0433. The van der Waals surface area contributed by atoms with Crippen LogP contribution in [0.3, 0.4) is 0 Å². The van der Waals surface area contributed by atoms with E-state index >= 15 is 0 Å². The Morgan fingerprint density at radius 3 is 2.46 bits per heavy atom. The van der Waals surface area contributed by atoms with Crippen LogP contribution in [0.15, 0.2) is 42.5 Å². The van der Waals surface area contributed by atoms with Gasteiger partial charge in [-0.2, -0.15) is 0 Å². The third-order valence-electron chi connectivity index (χ3n) is 4.97. The average molecular weight is 392 g/mol. The second kappa shape index (κ2) is 7.51. The summed E-state index contributed by atoms with van der Waals surface area (Å²) in [5.41, 5.74) is 1.64. The molecule has 0 aliphatic carbocycles. The quantitative estimate of drug-likeness (QED) is 0.284. The van der Waals surface area contributed by atoms with Crippen molar-refractivity contribution in [2.24, 2.45) is 0 Å². The Labute approximate surface area is 161 Å². The number of hydrogen-bond acceptors (Lipinski definition) is 4. The molecule has 0 fully saturated rings. The molecule has 6 heteroatoms. The molecule has 0 aliphatic heterocycles. The van der Waals surface area contributed by atoms with Crippen molar-refractivity contribution in [3.63, 3.8) is 0 Å². The molecule has 1 heterocycles. The number of carbonyl (C=O) groups excluding carboxylic acids is 1. The molecule has 4 nitrogen and oxygen atoms in total. The number of benzene rings is 1. The SMILES string of the molecule is C=C(C(=O)OC)C(O[Si](C)(C)C(C)(C)C)c1cc2ccccc2nc1Cl. The number of carbonyl (C=O) groups is 1. The molecule has 1 aromatic heterocycles. The fraction of sp³-hybridized carbons (Fsp3) is 0.400. The highest BCUT2D eigenvalue weighted by molar-refractivity contribution is 6.74. The normalized spacial score (nSPS) is 13.5. The van der Waals surface area contributed by atoms with Gasteiger partial charge in [-0.15, -0.1) is 0 Å². The average Bonchev–Trinajstić information content (AvgIpc) is 2.57. The first-order chi connectivity index (χ1) is 12.0. The Morgan fingerprint density at radius 2 is 1.88 bits per heavy atom. The number of para-hydroxylation sites is 1. The molecular weight excluding hydrogens is 366 g/mol. The van der Waals surface area contributed by atoms with Gasteiger partial charge in [0.05, 0.1) is 18.2 Å². The van der Waals surface area contributed by atoms with E-state index in [2.05, 4.69) is 45.4 Å². The van der Waals surface area contributed by atoms with E-state index in [1.54, 1.807) is 0 Å². The van der Waals surface area contributed by atoms with E-state index in [0.717, 1.165) is 10.9 Å². The van der Waals surface area contributed by atoms with Crippen molar-refractivity contribution in [1.29, 1.82) is 0 Å². The van der Waals surface area contributed by atoms with Gasteiger partial charge in [-0.25, -0.2) is 9.78 Å². The van der Waals surface area contributed by atoms with E-state index in [1.807, 2.05) is 30.3 Å². The van der Waals surface area contributed by atoms with Gasteiger partial charge in [0, 0.05) is 10.9 Å². The molecule has 1 aromatic carbocycles. The molecule has 0 spiro atoms. The summed E-state index contributed by atoms with van der Waals surface area (Å²) in [7, 11) is -0.887. The van der Waals surface area contributed by atoms with Gasteiger partial charge in [-0.05, 0) is 30.3 Å². The number of hydrogen-bond donors (Lipinski definition) is 0. The van der Waals surface area contributed by atoms with Crippen LogP contribution in [0.2, 0.25) is 23.3 Å². The molecule has 0 aliphatic rings. The lowest BCUT2D eigenvalue weighted by Crippen LogP contribution is -2.42. The van der Waals surface area contributed by atoms with Crippen LogP contribution in [0.4, 0.5) is 0 Å². The van der Waals surface area contributed by atoms with Crippen LogP contribution in [-0.2, 0) is 14.0 Å². The lowest BCUT2D eigenvalue weighted by atomic mass is 10.0. The van der Waals surface area contributed by atoms with Crippen molar-refractivity contribution < 1.29 is 14.0 Å². The minimum Gasteiger partial charge on any atom is -0.466 e. The molecule has 0 bridgehead atoms. The Morgan fingerprint density at radius 1 is 1.27 bits per heavy atom. The molecule has 0 saturated heterocycles. The van der Waals surface area contributed by atoms with Crippen molar-refractivity contribution in [1.82, 2.24) is 4.98 Å². The van der Waals surface area contributed by atoms with Gasteiger partial charge >= 0.3 is 5.97 Å². The van der Waals surface area contributed by atoms with Gasteiger partial charge < -0.3 is 9.16 Å². The lowest BCUT2D eigenvalue weighted by Gasteiger charge is -2.39. The third kappa shape index (κ3) is 4.17. The van der Waals surface area contributed by atoms with E-state index in [1.165, 1.54) is 7.11 Å². The first-order valence-corrected chi connectivity index (χ1v) is 11.8. The molecule has 2 rings (SSSR count). The van der Waals surface area contributed by atoms with E-state index in [-0.39, 0.29) is 10.6 Å². The Kier molecular flexibility index (Phi) is 5.95. The molecule has 2 aromatic rings. The second-order valence-corrected chi connectivity index (χ2v) is 13.0. The maximum Gasteiger partial charge on any atom is 0.336 e. The number of fused-ring (bicyclic) bond motifs is 1. The number of ether oxygens (including phenoxy) is 1. The van der Waals surface area contributed by atoms with Crippen LogP contribution in [0.1, 0.15) is 32.4 Å². The zero-order chi connectivity index (χ0) is 19.7. The molecule has 140 valence electrons. The van der Waals surface area contributed by atoms with Gasteiger partial charge in [0.2, 0.25) is 0 Å². The monoisotopic (exact) mass is 391 g/mol. The van der Waals surface area contributed by atoms with E-state index < -0.39 is 20.4 Å². The highest BCUT2D eigenvalue weighted by Crippen LogP contribution is 2.43. The second-order valence-electron chi connectivity index (χ2n) is 7.84. The maximum absolute atomic E-state index is 12.2. The largest absolute Gasteiger partial charge is 0.466 e. The Hall–Kier alpha value is -1.69. The summed E-state index contributed by atoms with van der Waals surface area (Å²) in [6.07, 6.45) is -0.701. The molecule has 0 radical (unpaired) electrons.